The van der Waals surface area contributed by atoms with Gasteiger partial charge in [-0.3, -0.25) is 4.57 Å². The number of rotatable bonds is 7. The van der Waals surface area contributed by atoms with Crippen LogP contribution in [0.5, 0.6) is 11.5 Å². The summed E-state index contributed by atoms with van der Waals surface area (Å²) in [5.74, 6) is 4.36. The molecule has 6 nitrogen and oxygen atoms in total. The number of aryl methyl sites for hydroxylation is 1. The summed E-state index contributed by atoms with van der Waals surface area (Å²) in [6.07, 6.45) is 4.25. The highest BCUT2D eigenvalue weighted by Crippen LogP contribution is 2.34. The second-order valence-corrected chi connectivity index (χ2v) is 6.19. The maximum absolute atomic E-state index is 5.72. The van der Waals surface area contributed by atoms with E-state index >= 15 is 0 Å². The van der Waals surface area contributed by atoms with Gasteiger partial charge in [-0.05, 0) is 44.2 Å². The van der Waals surface area contributed by atoms with Crippen molar-refractivity contribution in [1.29, 1.82) is 0 Å². The van der Waals surface area contributed by atoms with Gasteiger partial charge in [-0.15, -0.1) is 10.2 Å². The normalized spacial score (nSPS) is 11.1. The lowest BCUT2D eigenvalue weighted by molar-refractivity contribution is 0.390. The number of allylic oxidation sites excluding steroid dienone is 2. The molecule has 0 unspecified atom stereocenters. The predicted molar refractivity (Wildman–Crippen MR) is 105 cm³/mol. The zero-order valence-electron chi connectivity index (χ0n) is 16.0. The van der Waals surface area contributed by atoms with Crippen LogP contribution in [0.2, 0.25) is 0 Å². The molecule has 1 aromatic carbocycles. The summed E-state index contributed by atoms with van der Waals surface area (Å²) < 4.78 is 18.8. The average Bonchev–Trinajstić information content (AvgIpc) is 3.25. The smallest absolute Gasteiger partial charge is 0.161 e. The van der Waals surface area contributed by atoms with Crippen LogP contribution in [-0.4, -0.2) is 29.0 Å². The topological polar surface area (TPSA) is 62.3 Å². The number of aromatic nitrogens is 3. The van der Waals surface area contributed by atoms with Gasteiger partial charge < -0.3 is 13.9 Å². The summed E-state index contributed by atoms with van der Waals surface area (Å²) in [6.45, 7) is 7.75. The van der Waals surface area contributed by atoms with E-state index in [9.17, 15) is 0 Å². The van der Waals surface area contributed by atoms with Gasteiger partial charge in [0.2, 0.25) is 0 Å². The third-order valence-corrected chi connectivity index (χ3v) is 4.03. The number of nitrogens with zero attached hydrogens (tertiary/aromatic N) is 3. The molecule has 0 saturated carbocycles. The fraction of sp³-hybridized carbons (Fsp3) is 0.238. The largest absolute Gasteiger partial charge is 0.494 e. The van der Waals surface area contributed by atoms with E-state index in [0.29, 0.717) is 29.6 Å². The molecule has 0 aliphatic rings. The van der Waals surface area contributed by atoms with Crippen molar-refractivity contribution in [3.05, 3.63) is 71.7 Å². The van der Waals surface area contributed by atoms with Gasteiger partial charge in [0.25, 0.3) is 0 Å². The Kier molecular flexibility index (Phi) is 5.45. The van der Waals surface area contributed by atoms with Gasteiger partial charge in [-0.2, -0.15) is 0 Å². The van der Waals surface area contributed by atoms with Crippen molar-refractivity contribution in [2.45, 2.75) is 20.3 Å². The second kappa shape index (κ2) is 7.95. The number of hydrogen-bond acceptors (Lipinski definition) is 5. The molecular formula is C21H23N3O3. The van der Waals surface area contributed by atoms with Crippen LogP contribution in [0.3, 0.4) is 0 Å². The van der Waals surface area contributed by atoms with E-state index in [1.54, 1.807) is 14.2 Å². The van der Waals surface area contributed by atoms with Crippen LogP contribution in [0.1, 0.15) is 30.1 Å². The Morgan fingerprint density at radius 2 is 1.85 bits per heavy atom. The van der Waals surface area contributed by atoms with Gasteiger partial charge in [0.15, 0.2) is 5.82 Å². The first kappa shape index (κ1) is 18.5. The third kappa shape index (κ3) is 3.95. The quantitative estimate of drug-likeness (QED) is 0.582. The molecule has 6 heteroatoms. The number of para-hydroxylation sites is 1. The maximum atomic E-state index is 5.72. The highest BCUT2D eigenvalue weighted by molar-refractivity contribution is 5.61. The highest BCUT2D eigenvalue weighted by Gasteiger charge is 2.21. The van der Waals surface area contributed by atoms with Crippen LogP contribution < -0.4 is 9.47 Å². The maximum Gasteiger partial charge on any atom is 0.161 e. The van der Waals surface area contributed by atoms with Gasteiger partial charge in [0.05, 0.1) is 20.6 Å². The number of ether oxygens (including phenoxy) is 2. The lowest BCUT2D eigenvalue weighted by Gasteiger charge is -2.16. The van der Waals surface area contributed by atoms with Crippen molar-refractivity contribution in [2.24, 2.45) is 0 Å². The molecule has 0 atom stereocenters. The van der Waals surface area contributed by atoms with E-state index in [-0.39, 0.29) is 0 Å². The first-order valence-corrected chi connectivity index (χ1v) is 8.58. The zero-order chi connectivity index (χ0) is 19.4. The van der Waals surface area contributed by atoms with E-state index in [0.717, 1.165) is 22.8 Å². The number of methoxy groups -OCH3 is 2. The van der Waals surface area contributed by atoms with Crippen molar-refractivity contribution < 1.29 is 13.9 Å². The molecule has 3 rings (SSSR count). The molecule has 0 bridgehead atoms. The monoisotopic (exact) mass is 365 g/mol. The van der Waals surface area contributed by atoms with Crippen molar-refractivity contribution in [3.8, 4) is 17.2 Å². The van der Waals surface area contributed by atoms with E-state index in [1.165, 1.54) is 0 Å². The minimum atomic E-state index is 0.489. The van der Waals surface area contributed by atoms with E-state index in [1.807, 2.05) is 60.9 Å². The summed E-state index contributed by atoms with van der Waals surface area (Å²) in [5.41, 5.74) is 1.66. The lowest BCUT2D eigenvalue weighted by Crippen LogP contribution is -2.07. The van der Waals surface area contributed by atoms with Gasteiger partial charge in [0.1, 0.15) is 34.5 Å². The molecule has 0 N–H and O–H groups in total. The Hall–Kier alpha value is -3.28. The van der Waals surface area contributed by atoms with Crippen LogP contribution in [0.15, 0.2) is 53.0 Å². The minimum Gasteiger partial charge on any atom is -0.494 e. The molecule has 3 aromatic rings. The molecule has 140 valence electrons. The fourth-order valence-electron chi connectivity index (χ4n) is 2.80. The van der Waals surface area contributed by atoms with Crippen molar-refractivity contribution in [3.63, 3.8) is 0 Å². The Bertz CT molecular complexity index is 960. The molecule has 0 amide bonds. The predicted octanol–water partition coefficient (Wildman–Crippen LogP) is 4.37. The van der Waals surface area contributed by atoms with Crippen molar-refractivity contribution in [2.75, 3.05) is 14.2 Å². The van der Waals surface area contributed by atoms with Crippen molar-refractivity contribution >= 4 is 6.08 Å². The van der Waals surface area contributed by atoms with E-state index in [2.05, 4.69) is 16.8 Å². The SMILES string of the molecule is C=C(C)/C=C/c1nnc(Cc2ccc(C)o2)n1-c1c(OC)cccc1OC. The van der Waals surface area contributed by atoms with Crippen LogP contribution >= 0.6 is 0 Å². The summed E-state index contributed by atoms with van der Waals surface area (Å²) >= 11 is 0. The zero-order valence-corrected chi connectivity index (χ0v) is 16.0. The molecule has 0 aliphatic heterocycles. The van der Waals surface area contributed by atoms with Crippen molar-refractivity contribution in [1.82, 2.24) is 14.8 Å². The molecule has 0 radical (unpaired) electrons. The standard InChI is InChI=1S/C21H23N3O3/c1-14(2)9-12-19-22-23-20(13-16-11-10-15(3)27-16)24(19)21-17(25-4)7-6-8-18(21)26-5/h6-12H,1,13H2,2-5H3/b12-9+. The Morgan fingerprint density at radius 1 is 1.15 bits per heavy atom. The first-order chi connectivity index (χ1) is 13.0. The molecule has 27 heavy (non-hydrogen) atoms. The van der Waals surface area contributed by atoms with Crippen LogP contribution in [0, 0.1) is 6.92 Å². The summed E-state index contributed by atoms with van der Waals surface area (Å²) in [4.78, 5) is 0. The minimum absolute atomic E-state index is 0.489. The van der Waals surface area contributed by atoms with E-state index in [4.69, 9.17) is 13.9 Å². The fourth-order valence-corrected chi connectivity index (χ4v) is 2.80. The summed E-state index contributed by atoms with van der Waals surface area (Å²) in [5, 5.41) is 8.74. The van der Waals surface area contributed by atoms with Gasteiger partial charge in [-0.1, -0.05) is 24.3 Å². The third-order valence-electron chi connectivity index (χ3n) is 4.03. The van der Waals surface area contributed by atoms with E-state index < -0.39 is 0 Å². The molecule has 2 aromatic heterocycles. The molecule has 0 spiro atoms. The molecule has 2 heterocycles. The number of furan rings is 1. The summed E-state index contributed by atoms with van der Waals surface area (Å²) in [6, 6.07) is 9.51. The number of benzene rings is 1. The van der Waals surface area contributed by atoms with Crippen LogP contribution in [0.25, 0.3) is 11.8 Å². The molecule has 0 aliphatic carbocycles. The Morgan fingerprint density at radius 3 is 2.41 bits per heavy atom. The Labute approximate surface area is 158 Å². The molecule has 0 fully saturated rings. The van der Waals surface area contributed by atoms with Crippen LogP contribution in [-0.2, 0) is 6.42 Å². The van der Waals surface area contributed by atoms with Gasteiger partial charge >= 0.3 is 0 Å². The van der Waals surface area contributed by atoms with Gasteiger partial charge in [-0.25, -0.2) is 0 Å². The summed E-state index contributed by atoms with van der Waals surface area (Å²) in [7, 11) is 3.25. The highest BCUT2D eigenvalue weighted by atomic mass is 16.5. The lowest BCUT2D eigenvalue weighted by atomic mass is 10.2. The first-order valence-electron chi connectivity index (χ1n) is 8.58. The molecular weight excluding hydrogens is 342 g/mol. The van der Waals surface area contributed by atoms with Gasteiger partial charge in [0, 0.05) is 0 Å². The molecule has 0 saturated heterocycles. The second-order valence-electron chi connectivity index (χ2n) is 6.19. The van der Waals surface area contributed by atoms with Crippen LogP contribution in [0.4, 0.5) is 0 Å². The average molecular weight is 365 g/mol. The Balaban J connectivity index is 2.19. The number of hydrogen-bond donors (Lipinski definition) is 0.